The molecule has 6 heteroatoms. The van der Waals surface area contributed by atoms with Crippen LogP contribution >= 0.6 is 11.8 Å². The van der Waals surface area contributed by atoms with Crippen LogP contribution in [-0.2, 0) is 17.8 Å². The molecule has 2 aromatic rings. The molecule has 0 unspecified atom stereocenters. The van der Waals surface area contributed by atoms with Gasteiger partial charge < -0.3 is 9.88 Å². The molecule has 1 heterocycles. The van der Waals surface area contributed by atoms with Crippen LogP contribution in [0.2, 0.25) is 0 Å². The van der Waals surface area contributed by atoms with Crippen molar-refractivity contribution in [1.29, 1.82) is 0 Å². The molecule has 1 fully saturated rings. The normalized spacial score (nSPS) is 16.7. The summed E-state index contributed by atoms with van der Waals surface area (Å²) in [4.78, 5) is 12.6. The zero-order chi connectivity index (χ0) is 19.1. The van der Waals surface area contributed by atoms with E-state index in [1.165, 1.54) is 43.0 Å². The lowest BCUT2D eigenvalue weighted by atomic mass is 10.1. The summed E-state index contributed by atoms with van der Waals surface area (Å²) in [6.07, 6.45) is 8.00. The summed E-state index contributed by atoms with van der Waals surface area (Å²) in [6, 6.07) is 10.6. The lowest BCUT2D eigenvalue weighted by Gasteiger charge is -2.19. The molecule has 146 valence electrons. The first-order valence-electron chi connectivity index (χ1n) is 10.1. The summed E-state index contributed by atoms with van der Waals surface area (Å²) >= 11 is 1.51. The molecular formula is C21H30N4OS. The number of carbonyl (C=O) groups is 1. The zero-order valence-corrected chi connectivity index (χ0v) is 17.2. The van der Waals surface area contributed by atoms with E-state index in [4.69, 9.17) is 0 Å². The third kappa shape index (κ3) is 5.58. The number of nitrogens with one attached hydrogen (secondary N) is 1. The van der Waals surface area contributed by atoms with Gasteiger partial charge in [0.1, 0.15) is 5.82 Å². The molecule has 1 atom stereocenters. The third-order valence-corrected chi connectivity index (χ3v) is 6.25. The number of amides is 1. The Labute approximate surface area is 166 Å². The van der Waals surface area contributed by atoms with Gasteiger partial charge in [0.15, 0.2) is 5.16 Å². The van der Waals surface area contributed by atoms with Gasteiger partial charge in [-0.3, -0.25) is 4.79 Å². The fourth-order valence-corrected chi connectivity index (χ4v) is 4.53. The maximum absolute atomic E-state index is 12.6. The van der Waals surface area contributed by atoms with E-state index >= 15 is 0 Å². The average Bonchev–Trinajstić information content (AvgIpc) is 2.88. The van der Waals surface area contributed by atoms with Crippen LogP contribution < -0.4 is 5.32 Å². The number of benzene rings is 1. The Kier molecular flexibility index (Phi) is 7.33. The van der Waals surface area contributed by atoms with Crippen LogP contribution in [0.25, 0.3) is 0 Å². The van der Waals surface area contributed by atoms with Crippen LogP contribution in [0, 0.1) is 0 Å². The largest absolute Gasteiger partial charge is 0.352 e. The number of aromatic nitrogens is 3. The van der Waals surface area contributed by atoms with Gasteiger partial charge in [0.2, 0.25) is 5.91 Å². The first-order chi connectivity index (χ1) is 13.2. The molecule has 1 aromatic heterocycles. The van der Waals surface area contributed by atoms with Gasteiger partial charge in [-0.2, -0.15) is 0 Å². The number of thioether (sulfide) groups is 1. The molecule has 1 aliphatic carbocycles. The van der Waals surface area contributed by atoms with Crippen molar-refractivity contribution in [3.8, 4) is 0 Å². The molecule has 1 saturated carbocycles. The molecule has 0 saturated heterocycles. The van der Waals surface area contributed by atoms with Crippen molar-refractivity contribution < 1.29 is 4.79 Å². The van der Waals surface area contributed by atoms with Crippen LogP contribution in [0.15, 0.2) is 35.5 Å². The first-order valence-corrected chi connectivity index (χ1v) is 11.0. The van der Waals surface area contributed by atoms with Crippen LogP contribution in [0.1, 0.15) is 63.8 Å². The van der Waals surface area contributed by atoms with Gasteiger partial charge in [0.25, 0.3) is 0 Å². The molecule has 0 spiro atoms. The molecule has 1 N–H and O–H groups in total. The van der Waals surface area contributed by atoms with E-state index in [9.17, 15) is 4.79 Å². The predicted molar refractivity (Wildman–Crippen MR) is 110 cm³/mol. The van der Waals surface area contributed by atoms with Crippen molar-refractivity contribution in [3.05, 3.63) is 41.7 Å². The number of nitrogens with zero attached hydrogens (tertiary/aromatic N) is 3. The Morgan fingerprint density at radius 3 is 2.56 bits per heavy atom. The summed E-state index contributed by atoms with van der Waals surface area (Å²) in [7, 11) is 0. The van der Waals surface area contributed by atoms with Crippen LogP contribution in [-0.4, -0.2) is 32.0 Å². The Hall–Kier alpha value is -1.82. The van der Waals surface area contributed by atoms with Crippen LogP contribution in [0.4, 0.5) is 0 Å². The number of carbonyl (C=O) groups excluding carboxylic acids is 1. The first kappa shape index (κ1) is 19.9. The smallest absolute Gasteiger partial charge is 0.233 e. The standard InChI is InChI=1S/C21H30N4OS/c1-3-25-19(15-17-11-7-6-8-12-17)23-24-21(25)27-16(2)20(26)22-18-13-9-4-5-10-14-18/h6-8,11-12,16,18H,3-5,9-10,13-15H2,1-2H3,(H,22,26)/t16-/m0/s1. The van der Waals surface area contributed by atoms with Crippen molar-refractivity contribution in [1.82, 2.24) is 20.1 Å². The van der Waals surface area contributed by atoms with Gasteiger partial charge in [-0.05, 0) is 32.3 Å². The van der Waals surface area contributed by atoms with E-state index in [1.807, 2.05) is 25.1 Å². The van der Waals surface area contributed by atoms with E-state index in [1.54, 1.807) is 0 Å². The highest BCUT2D eigenvalue weighted by Crippen LogP contribution is 2.24. The minimum absolute atomic E-state index is 0.113. The highest BCUT2D eigenvalue weighted by molar-refractivity contribution is 8.00. The lowest BCUT2D eigenvalue weighted by molar-refractivity contribution is -0.121. The maximum atomic E-state index is 12.6. The summed E-state index contributed by atoms with van der Waals surface area (Å²) in [5, 5.41) is 12.6. The number of hydrogen-bond acceptors (Lipinski definition) is 4. The molecule has 0 bridgehead atoms. The molecular weight excluding hydrogens is 356 g/mol. The van der Waals surface area contributed by atoms with Crippen LogP contribution in [0.3, 0.4) is 0 Å². The molecule has 1 aromatic carbocycles. The summed E-state index contributed by atoms with van der Waals surface area (Å²) in [6.45, 7) is 4.86. The second-order valence-corrected chi connectivity index (χ2v) is 8.57. The number of hydrogen-bond donors (Lipinski definition) is 1. The Morgan fingerprint density at radius 1 is 1.19 bits per heavy atom. The molecule has 5 nitrogen and oxygen atoms in total. The minimum atomic E-state index is -0.174. The number of rotatable bonds is 7. The minimum Gasteiger partial charge on any atom is -0.352 e. The maximum Gasteiger partial charge on any atom is 0.233 e. The van der Waals surface area contributed by atoms with Crippen LogP contribution in [0.5, 0.6) is 0 Å². The Morgan fingerprint density at radius 2 is 1.89 bits per heavy atom. The van der Waals surface area contributed by atoms with Gasteiger partial charge in [-0.25, -0.2) is 0 Å². The molecule has 1 aliphatic rings. The van der Waals surface area contributed by atoms with E-state index in [0.29, 0.717) is 6.04 Å². The zero-order valence-electron chi connectivity index (χ0n) is 16.4. The third-order valence-electron chi connectivity index (χ3n) is 5.17. The summed E-state index contributed by atoms with van der Waals surface area (Å²) in [5.74, 6) is 1.06. The van der Waals surface area contributed by atoms with Gasteiger partial charge >= 0.3 is 0 Å². The fourth-order valence-electron chi connectivity index (χ4n) is 3.59. The average molecular weight is 387 g/mol. The fraction of sp³-hybridized carbons (Fsp3) is 0.571. The SMILES string of the molecule is CCn1c(Cc2ccccc2)nnc1S[C@@H](C)C(=O)NC1CCCCCC1. The summed E-state index contributed by atoms with van der Waals surface area (Å²) in [5.41, 5.74) is 1.22. The quantitative estimate of drug-likeness (QED) is 0.572. The van der Waals surface area contributed by atoms with Crippen molar-refractivity contribution in [2.24, 2.45) is 0 Å². The van der Waals surface area contributed by atoms with Gasteiger partial charge in [0, 0.05) is 19.0 Å². The second kappa shape index (κ2) is 9.93. The Balaban J connectivity index is 1.61. The predicted octanol–water partition coefficient (Wildman–Crippen LogP) is 4.21. The Bertz CT molecular complexity index is 723. The molecule has 3 rings (SSSR count). The highest BCUT2D eigenvalue weighted by atomic mass is 32.2. The molecule has 1 amide bonds. The monoisotopic (exact) mass is 386 g/mol. The second-order valence-electron chi connectivity index (χ2n) is 7.26. The lowest BCUT2D eigenvalue weighted by Crippen LogP contribution is -2.39. The topological polar surface area (TPSA) is 59.8 Å². The van der Waals surface area contributed by atoms with E-state index in [0.717, 1.165) is 36.8 Å². The molecule has 0 radical (unpaired) electrons. The van der Waals surface area contributed by atoms with Gasteiger partial charge in [-0.1, -0.05) is 67.8 Å². The summed E-state index contributed by atoms with van der Waals surface area (Å²) < 4.78 is 2.12. The van der Waals surface area contributed by atoms with Gasteiger partial charge in [0.05, 0.1) is 5.25 Å². The van der Waals surface area contributed by atoms with E-state index in [-0.39, 0.29) is 11.2 Å². The highest BCUT2D eigenvalue weighted by Gasteiger charge is 2.22. The van der Waals surface area contributed by atoms with Gasteiger partial charge in [-0.15, -0.1) is 10.2 Å². The van der Waals surface area contributed by atoms with Crippen molar-refractivity contribution in [2.45, 2.75) is 81.8 Å². The van der Waals surface area contributed by atoms with Crippen molar-refractivity contribution >= 4 is 17.7 Å². The van der Waals surface area contributed by atoms with E-state index in [2.05, 4.69) is 39.1 Å². The van der Waals surface area contributed by atoms with E-state index < -0.39 is 0 Å². The van der Waals surface area contributed by atoms with Crippen molar-refractivity contribution in [3.63, 3.8) is 0 Å². The molecule has 0 aliphatic heterocycles. The van der Waals surface area contributed by atoms with Crippen molar-refractivity contribution in [2.75, 3.05) is 0 Å². The molecule has 27 heavy (non-hydrogen) atoms.